The zero-order chi connectivity index (χ0) is 14.2. The maximum Gasteiger partial charge on any atom is 0.250 e. The number of nitrogens with one attached hydrogen (secondary N) is 1. The first-order valence-electron chi connectivity index (χ1n) is 6.48. The lowest BCUT2D eigenvalue weighted by Gasteiger charge is -2.07. The molecule has 0 unspecified atom stereocenters. The summed E-state index contributed by atoms with van der Waals surface area (Å²) in [6.45, 7) is 0.961. The van der Waals surface area contributed by atoms with Gasteiger partial charge in [0.1, 0.15) is 6.61 Å². The van der Waals surface area contributed by atoms with E-state index in [4.69, 9.17) is 10.5 Å². The van der Waals surface area contributed by atoms with Crippen LogP contribution in [0, 0.1) is 0 Å². The van der Waals surface area contributed by atoms with Gasteiger partial charge in [0.25, 0.3) is 0 Å². The first-order chi connectivity index (χ1) is 9.78. The van der Waals surface area contributed by atoms with Crippen molar-refractivity contribution in [3.8, 4) is 0 Å². The van der Waals surface area contributed by atoms with Crippen molar-refractivity contribution in [2.75, 3.05) is 11.9 Å². The molecule has 0 aliphatic heterocycles. The molecule has 1 amide bonds. The van der Waals surface area contributed by atoms with Crippen LogP contribution in [0.15, 0.2) is 54.6 Å². The van der Waals surface area contributed by atoms with Gasteiger partial charge in [-0.15, -0.1) is 0 Å². The summed E-state index contributed by atoms with van der Waals surface area (Å²) in [7, 11) is 0. The summed E-state index contributed by atoms with van der Waals surface area (Å²) in [4.78, 5) is 11.7. The Morgan fingerprint density at radius 2 is 1.70 bits per heavy atom. The third-order valence-corrected chi connectivity index (χ3v) is 2.82. The van der Waals surface area contributed by atoms with Crippen molar-refractivity contribution in [3.05, 3.63) is 65.7 Å². The lowest BCUT2D eigenvalue weighted by atomic mass is 10.2. The Morgan fingerprint density at radius 1 is 1.00 bits per heavy atom. The lowest BCUT2D eigenvalue weighted by Crippen LogP contribution is -2.18. The largest absolute Gasteiger partial charge is 0.367 e. The maximum atomic E-state index is 11.7. The van der Waals surface area contributed by atoms with E-state index in [-0.39, 0.29) is 12.5 Å². The van der Waals surface area contributed by atoms with Crippen molar-refractivity contribution in [2.45, 2.75) is 13.2 Å². The van der Waals surface area contributed by atoms with Crippen molar-refractivity contribution in [1.82, 2.24) is 0 Å². The summed E-state index contributed by atoms with van der Waals surface area (Å²) in [6.07, 6.45) is 0. The van der Waals surface area contributed by atoms with Gasteiger partial charge in [-0.25, -0.2) is 0 Å². The van der Waals surface area contributed by atoms with Gasteiger partial charge in [0.05, 0.1) is 6.61 Å². The molecule has 4 heteroatoms. The third-order valence-electron chi connectivity index (χ3n) is 2.82. The molecule has 0 radical (unpaired) electrons. The monoisotopic (exact) mass is 270 g/mol. The zero-order valence-electron chi connectivity index (χ0n) is 11.2. The standard InChI is InChI=1S/C16H18N2O2/c17-10-13-6-8-15(9-7-13)18-16(19)12-20-11-14-4-2-1-3-5-14/h1-9H,10-12,17H2,(H,18,19). The van der Waals surface area contributed by atoms with Crippen LogP contribution in [0.3, 0.4) is 0 Å². The topological polar surface area (TPSA) is 64.3 Å². The summed E-state index contributed by atoms with van der Waals surface area (Å²) < 4.78 is 5.37. The van der Waals surface area contributed by atoms with Crippen LogP contribution in [0.25, 0.3) is 0 Å². The highest BCUT2D eigenvalue weighted by atomic mass is 16.5. The second kappa shape index (κ2) is 7.43. The molecule has 2 rings (SSSR count). The van der Waals surface area contributed by atoms with Gasteiger partial charge < -0.3 is 15.8 Å². The number of rotatable bonds is 6. The van der Waals surface area contributed by atoms with E-state index in [1.165, 1.54) is 0 Å². The number of ether oxygens (including phenoxy) is 1. The summed E-state index contributed by atoms with van der Waals surface area (Å²) in [5, 5.41) is 2.77. The molecule has 0 bridgehead atoms. The van der Waals surface area contributed by atoms with Crippen LogP contribution in [0.5, 0.6) is 0 Å². The van der Waals surface area contributed by atoms with Crippen molar-refractivity contribution in [1.29, 1.82) is 0 Å². The van der Waals surface area contributed by atoms with Crippen LogP contribution in [0.4, 0.5) is 5.69 Å². The zero-order valence-corrected chi connectivity index (χ0v) is 11.2. The van der Waals surface area contributed by atoms with Crippen LogP contribution in [-0.4, -0.2) is 12.5 Å². The van der Waals surface area contributed by atoms with E-state index in [0.29, 0.717) is 13.2 Å². The van der Waals surface area contributed by atoms with Crippen molar-refractivity contribution in [2.24, 2.45) is 5.73 Å². The van der Waals surface area contributed by atoms with Crippen LogP contribution < -0.4 is 11.1 Å². The molecule has 104 valence electrons. The number of carbonyl (C=O) groups excluding carboxylic acids is 1. The molecule has 0 saturated heterocycles. The predicted octanol–water partition coefficient (Wildman–Crippen LogP) is 2.30. The average Bonchev–Trinajstić information content (AvgIpc) is 2.49. The fourth-order valence-corrected chi connectivity index (χ4v) is 1.76. The Morgan fingerprint density at radius 3 is 2.35 bits per heavy atom. The first-order valence-corrected chi connectivity index (χ1v) is 6.48. The number of benzene rings is 2. The van der Waals surface area contributed by atoms with Crippen LogP contribution in [0.1, 0.15) is 11.1 Å². The van der Waals surface area contributed by atoms with Crippen molar-refractivity contribution >= 4 is 11.6 Å². The normalized spacial score (nSPS) is 10.2. The second-order valence-electron chi connectivity index (χ2n) is 4.43. The van der Waals surface area contributed by atoms with Crippen LogP contribution in [0.2, 0.25) is 0 Å². The highest BCUT2D eigenvalue weighted by molar-refractivity contribution is 5.91. The third kappa shape index (κ3) is 4.50. The van der Waals surface area contributed by atoms with Gasteiger partial charge in [-0.1, -0.05) is 42.5 Å². The van der Waals surface area contributed by atoms with E-state index in [0.717, 1.165) is 16.8 Å². The molecule has 0 saturated carbocycles. The first kappa shape index (κ1) is 14.2. The quantitative estimate of drug-likeness (QED) is 0.846. The van der Waals surface area contributed by atoms with Crippen LogP contribution >= 0.6 is 0 Å². The van der Waals surface area contributed by atoms with E-state index >= 15 is 0 Å². The van der Waals surface area contributed by atoms with Gasteiger partial charge in [0, 0.05) is 12.2 Å². The fourth-order valence-electron chi connectivity index (χ4n) is 1.76. The second-order valence-corrected chi connectivity index (χ2v) is 4.43. The summed E-state index contributed by atoms with van der Waals surface area (Å²) >= 11 is 0. The molecule has 20 heavy (non-hydrogen) atoms. The minimum Gasteiger partial charge on any atom is -0.367 e. The number of carbonyl (C=O) groups is 1. The molecule has 0 fully saturated rings. The Kier molecular flexibility index (Phi) is 5.29. The molecular formula is C16H18N2O2. The Labute approximate surface area is 118 Å². The molecule has 4 nitrogen and oxygen atoms in total. The predicted molar refractivity (Wildman–Crippen MR) is 79.1 cm³/mol. The van der Waals surface area contributed by atoms with E-state index in [1.807, 2.05) is 54.6 Å². The van der Waals surface area contributed by atoms with E-state index in [1.54, 1.807) is 0 Å². The van der Waals surface area contributed by atoms with Crippen molar-refractivity contribution < 1.29 is 9.53 Å². The number of hydrogen-bond donors (Lipinski definition) is 2. The van der Waals surface area contributed by atoms with E-state index < -0.39 is 0 Å². The van der Waals surface area contributed by atoms with Crippen LogP contribution in [-0.2, 0) is 22.7 Å². The fraction of sp³-hybridized carbons (Fsp3) is 0.188. The molecule has 0 spiro atoms. The molecule has 0 heterocycles. The minimum atomic E-state index is -0.165. The summed E-state index contributed by atoms with van der Waals surface area (Å²) in [6, 6.07) is 17.2. The molecule has 2 aromatic rings. The lowest BCUT2D eigenvalue weighted by molar-refractivity contribution is -0.121. The Balaban J connectivity index is 1.74. The van der Waals surface area contributed by atoms with Gasteiger partial charge in [-0.05, 0) is 23.3 Å². The highest BCUT2D eigenvalue weighted by Gasteiger charge is 2.02. The van der Waals surface area contributed by atoms with Gasteiger partial charge >= 0.3 is 0 Å². The SMILES string of the molecule is NCc1ccc(NC(=O)COCc2ccccc2)cc1. The van der Waals surface area contributed by atoms with E-state index in [9.17, 15) is 4.79 Å². The minimum absolute atomic E-state index is 0.0353. The number of nitrogens with two attached hydrogens (primary N) is 1. The molecule has 0 aromatic heterocycles. The molecular weight excluding hydrogens is 252 g/mol. The smallest absolute Gasteiger partial charge is 0.250 e. The maximum absolute atomic E-state index is 11.7. The molecule has 0 atom stereocenters. The molecule has 2 aromatic carbocycles. The average molecular weight is 270 g/mol. The summed E-state index contributed by atoms with van der Waals surface area (Å²) in [5.41, 5.74) is 8.34. The van der Waals surface area contributed by atoms with Crippen molar-refractivity contribution in [3.63, 3.8) is 0 Å². The number of amides is 1. The Hall–Kier alpha value is -2.17. The molecule has 3 N–H and O–H groups in total. The highest BCUT2D eigenvalue weighted by Crippen LogP contribution is 2.09. The molecule has 0 aliphatic carbocycles. The molecule has 0 aliphatic rings. The van der Waals surface area contributed by atoms with Gasteiger partial charge in [-0.3, -0.25) is 4.79 Å². The summed E-state index contributed by atoms with van der Waals surface area (Å²) in [5.74, 6) is -0.165. The van der Waals surface area contributed by atoms with Gasteiger partial charge in [0.15, 0.2) is 0 Å². The number of anilines is 1. The van der Waals surface area contributed by atoms with Gasteiger partial charge in [0.2, 0.25) is 5.91 Å². The van der Waals surface area contributed by atoms with E-state index in [2.05, 4.69) is 5.32 Å². The number of hydrogen-bond acceptors (Lipinski definition) is 3. The Bertz CT molecular complexity index is 538. The van der Waals surface area contributed by atoms with Gasteiger partial charge in [-0.2, -0.15) is 0 Å².